The zero-order valence-electron chi connectivity index (χ0n) is 53.6. The van der Waals surface area contributed by atoms with Gasteiger partial charge < -0.3 is 91.7 Å². The highest BCUT2D eigenvalue weighted by atomic mass is 16.5. The van der Waals surface area contributed by atoms with Gasteiger partial charge in [-0.15, -0.1) is 0 Å². The average molecular weight is 1310 g/mol. The fourth-order valence-corrected chi connectivity index (χ4v) is 12.0. The molecule has 514 valence electrons. The molecule has 0 aromatic heterocycles. The molecule has 1 aliphatic carbocycles. The number of carbonyl (C=O) groups is 7. The van der Waals surface area contributed by atoms with E-state index in [4.69, 9.17) is 24.7 Å². The zero-order chi connectivity index (χ0) is 68.2. The predicted molar refractivity (Wildman–Crippen MR) is 343 cm³/mol. The molecular weight excluding hydrogens is 1220 g/mol. The van der Waals surface area contributed by atoms with E-state index in [1.54, 1.807) is 12.1 Å². The van der Waals surface area contributed by atoms with E-state index < -0.39 is 151 Å². The maximum Gasteiger partial charge on any atom is 0.251 e. The van der Waals surface area contributed by atoms with Crippen molar-refractivity contribution in [1.29, 1.82) is 0 Å². The molecule has 4 aromatic rings. The smallest absolute Gasteiger partial charge is 0.251 e. The number of ketones is 2. The molecule has 3 fully saturated rings. The third-order valence-corrected chi connectivity index (χ3v) is 17.4. The molecule has 4 aromatic carbocycles. The molecular formula is C68H93N7O19. The number of nitrogens with one attached hydrogen (secondary N) is 5. The molecule has 26 heteroatoms. The topological polar surface area (TPSA) is 408 Å². The number of nitrogens with two attached hydrogens (primary N) is 1. The van der Waals surface area contributed by atoms with Crippen molar-refractivity contribution in [1.82, 2.24) is 31.5 Å². The molecule has 1 saturated carbocycles. The molecule has 26 nitrogen and oxygen atoms in total. The number of rotatable bonds is 26. The first-order chi connectivity index (χ1) is 45.0. The second kappa shape index (κ2) is 36.0. The van der Waals surface area contributed by atoms with Crippen molar-refractivity contribution in [3.63, 3.8) is 0 Å². The fourth-order valence-electron chi connectivity index (χ4n) is 12.0. The molecule has 7 rings (SSSR count). The Bertz CT molecular complexity index is 3100. The molecule has 5 amide bonds. The van der Waals surface area contributed by atoms with Crippen LogP contribution < -0.4 is 37.1 Å². The van der Waals surface area contributed by atoms with Crippen molar-refractivity contribution in [3.05, 3.63) is 108 Å². The van der Waals surface area contributed by atoms with Crippen LogP contribution in [-0.4, -0.2) is 220 Å². The average Bonchev–Trinajstić information content (AvgIpc) is 1.59. The number of amides is 5. The second-order valence-electron chi connectivity index (χ2n) is 24.5. The van der Waals surface area contributed by atoms with Crippen LogP contribution in [0.25, 0.3) is 22.3 Å². The summed E-state index contributed by atoms with van der Waals surface area (Å²) < 4.78 is 22.5. The first-order valence-corrected chi connectivity index (χ1v) is 32.3. The Hall–Kier alpha value is -7.31. The van der Waals surface area contributed by atoms with Gasteiger partial charge in [0.15, 0.2) is 5.78 Å². The summed E-state index contributed by atoms with van der Waals surface area (Å²) in [6.07, 6.45) is -13.2. The van der Waals surface area contributed by atoms with Gasteiger partial charge in [0, 0.05) is 55.8 Å². The van der Waals surface area contributed by atoms with E-state index in [0.29, 0.717) is 26.4 Å². The number of ether oxygens (including phenoxy) is 4. The largest absolute Gasteiger partial charge is 0.508 e. The van der Waals surface area contributed by atoms with Crippen LogP contribution in [0.3, 0.4) is 0 Å². The van der Waals surface area contributed by atoms with Crippen molar-refractivity contribution in [2.45, 2.75) is 146 Å². The Morgan fingerprint density at radius 2 is 1.21 bits per heavy atom. The van der Waals surface area contributed by atoms with E-state index in [1.807, 2.05) is 48.5 Å². The Morgan fingerprint density at radius 1 is 0.660 bits per heavy atom. The summed E-state index contributed by atoms with van der Waals surface area (Å²) >= 11 is 0. The van der Waals surface area contributed by atoms with E-state index >= 15 is 0 Å². The highest BCUT2D eigenvalue weighted by Gasteiger charge is 2.51. The fraction of sp³-hybridized carbons (Fsp3) is 0.544. The Kier molecular flexibility index (Phi) is 28.4. The number of hydrogen-bond acceptors (Lipinski definition) is 21. The van der Waals surface area contributed by atoms with Crippen molar-refractivity contribution < 1.29 is 93.4 Å². The van der Waals surface area contributed by atoms with Crippen molar-refractivity contribution in [3.8, 4) is 33.8 Å². The normalized spacial score (nSPS) is 26.4. The Labute approximate surface area is 546 Å². The van der Waals surface area contributed by atoms with Gasteiger partial charge in [-0.1, -0.05) is 87.4 Å². The summed E-state index contributed by atoms with van der Waals surface area (Å²) in [4.78, 5) is 104. The van der Waals surface area contributed by atoms with Gasteiger partial charge in [-0.3, -0.25) is 38.9 Å². The number of phenols is 1. The van der Waals surface area contributed by atoms with Crippen LogP contribution in [0.1, 0.15) is 94.7 Å². The third kappa shape index (κ3) is 20.1. The third-order valence-electron chi connectivity index (χ3n) is 17.4. The maximum atomic E-state index is 14.9. The molecule has 7 unspecified atom stereocenters. The summed E-state index contributed by atoms with van der Waals surface area (Å²) in [5.74, 6) is -12.4. The van der Waals surface area contributed by atoms with Crippen LogP contribution >= 0.6 is 0 Å². The number of phenolic OH excluding ortho intramolecular Hbond substituents is 1. The van der Waals surface area contributed by atoms with Crippen LogP contribution in [0.2, 0.25) is 0 Å². The predicted octanol–water partition coefficient (Wildman–Crippen LogP) is 0.764. The number of aliphatic hydroxyl groups excluding tert-OH is 7. The first kappa shape index (κ1) is 74.1. The molecule has 94 heavy (non-hydrogen) atoms. The van der Waals surface area contributed by atoms with Gasteiger partial charge in [-0.2, -0.15) is 0 Å². The van der Waals surface area contributed by atoms with Crippen LogP contribution in [0.15, 0.2) is 97.1 Å². The monoisotopic (exact) mass is 1310 g/mol. The number of benzene rings is 4. The number of carbonyl (C=O) groups excluding carboxylic acids is 7. The van der Waals surface area contributed by atoms with Crippen molar-refractivity contribution in [2.24, 2.45) is 29.4 Å². The second-order valence-corrected chi connectivity index (χ2v) is 24.5. The van der Waals surface area contributed by atoms with E-state index in [2.05, 4.69) is 33.5 Å². The van der Waals surface area contributed by atoms with E-state index in [0.717, 1.165) is 59.1 Å². The molecule has 2 aliphatic heterocycles. The van der Waals surface area contributed by atoms with Gasteiger partial charge in [-0.05, 0) is 97.3 Å². The summed E-state index contributed by atoms with van der Waals surface area (Å²) in [7, 11) is 0. The summed E-state index contributed by atoms with van der Waals surface area (Å²) in [5, 5.41) is 104. The molecule has 0 radical (unpaired) electrons. The Balaban J connectivity index is 1.21. The number of nitrogens with zero attached hydrogens (tertiary/aromatic N) is 1. The van der Waals surface area contributed by atoms with Gasteiger partial charge >= 0.3 is 0 Å². The number of hydrogen-bond donors (Lipinski definition) is 14. The lowest BCUT2D eigenvalue weighted by atomic mass is 9.80. The van der Waals surface area contributed by atoms with Gasteiger partial charge in [0.2, 0.25) is 23.6 Å². The highest BCUT2D eigenvalue weighted by Crippen LogP contribution is 2.38. The van der Waals surface area contributed by atoms with Crippen LogP contribution in [0.5, 0.6) is 11.5 Å². The SMILES string of the molecule is CCCCCOc1ccc(-c2ccc(-c3ccc(C(=O)N[C@H]4C[C@@H](O)C(NCCOCCOCCOCCN)NC(=O)C5[C@@H](O)[C@@H](C)CN5C(=O)C([C@@H](C)O)NC(=O)C([C@H](O)[C@@H](O)c5ccc(O)cc5)CC(=O)C5C[C@@H](O)CC5C(=O)C([C@@H](C)O)NC4=O)cc3)cc2)cc1. The number of fused-ring (bicyclic) bond motifs is 2. The number of unbranched alkanes of at least 4 members (excludes halogenated alkanes) is 2. The van der Waals surface area contributed by atoms with E-state index in [1.165, 1.54) is 50.2 Å². The number of aromatic hydroxyl groups is 1. The van der Waals surface area contributed by atoms with Gasteiger partial charge in [0.05, 0.1) is 88.8 Å². The minimum atomic E-state index is -2.17. The van der Waals surface area contributed by atoms with Crippen molar-refractivity contribution >= 4 is 41.1 Å². The lowest BCUT2D eigenvalue weighted by molar-refractivity contribution is -0.148. The molecule has 0 bridgehead atoms. The maximum absolute atomic E-state index is 14.9. The van der Waals surface area contributed by atoms with Crippen molar-refractivity contribution in [2.75, 3.05) is 65.9 Å². The summed E-state index contributed by atoms with van der Waals surface area (Å²) in [5.41, 5.74) is 8.98. The Morgan fingerprint density at radius 3 is 1.80 bits per heavy atom. The highest BCUT2D eigenvalue weighted by molar-refractivity contribution is 6.01. The zero-order valence-corrected chi connectivity index (χ0v) is 53.6. The number of Topliss-reactive ketones (excluding diaryl/α,β-unsaturated/α-hetero) is 2. The molecule has 2 heterocycles. The molecule has 15 N–H and O–H groups in total. The summed E-state index contributed by atoms with van der Waals surface area (Å²) in [6, 6.07) is 19.5. The standard InChI is InChI=1S/C68H93N7O19/c1-5-6-7-26-94-49-22-18-44(19-23-49)42-10-8-41(9-11-42)43-12-14-46(15-13-43)64(86)71-53-36-55(81)63(70-25-28-92-30-32-93-31-29-91-27-24-69)74-67(89)58-59(82)38(2)37-75(58)68(90)57(40(4)77)73-65(87)52(62(85)60(83)45-16-20-47(78)21-17-45)35-54(80)50-33-48(79)34-51(50)61(84)56(39(3)76)72-66(53)88/h8-23,38-40,48,50-53,55-60,62-63,70,76-79,81-83,85H,5-7,24-37,69H2,1-4H3,(H,71,86)(H,72,88)(H,73,87)(H,74,89)/t38-,39+,40+,48+,50?,51?,52?,53-,55+,56?,57?,58?,59-,60-,62-,63?/m0/s1. The van der Waals surface area contributed by atoms with Gasteiger partial charge in [0.1, 0.15) is 53.7 Å². The molecule has 3 aliphatic rings. The lowest BCUT2D eigenvalue weighted by Gasteiger charge is -2.34. The number of aliphatic hydroxyl groups is 7. The summed E-state index contributed by atoms with van der Waals surface area (Å²) in [6.45, 7) is 7.68. The van der Waals surface area contributed by atoms with E-state index in [9.17, 15) is 74.4 Å². The van der Waals surface area contributed by atoms with Gasteiger partial charge in [-0.25, -0.2) is 0 Å². The quantitative estimate of drug-likeness (QED) is 0.0386. The lowest BCUT2D eigenvalue weighted by Crippen LogP contribution is -2.63. The van der Waals surface area contributed by atoms with Gasteiger partial charge in [0.25, 0.3) is 5.91 Å². The van der Waals surface area contributed by atoms with Crippen LogP contribution in [0.4, 0.5) is 0 Å². The minimum Gasteiger partial charge on any atom is -0.508 e. The van der Waals surface area contributed by atoms with E-state index in [-0.39, 0.29) is 69.2 Å². The van der Waals surface area contributed by atoms with Crippen LogP contribution in [-0.2, 0) is 43.0 Å². The molecule has 2 saturated heterocycles. The molecule has 0 spiro atoms. The first-order valence-electron chi connectivity index (χ1n) is 32.3. The molecule has 16 atom stereocenters. The van der Waals surface area contributed by atoms with Crippen LogP contribution in [0, 0.1) is 23.7 Å². The minimum absolute atomic E-state index is 0.0204.